The maximum atomic E-state index is 12.1. The lowest BCUT2D eigenvalue weighted by molar-refractivity contribution is 0.0954. The number of H-pyrrole nitrogens is 1. The Morgan fingerprint density at radius 1 is 1.38 bits per heavy atom. The zero-order valence-corrected chi connectivity index (χ0v) is 11.3. The van der Waals surface area contributed by atoms with Gasteiger partial charge in [-0.15, -0.1) is 0 Å². The summed E-state index contributed by atoms with van der Waals surface area (Å²) in [5, 5.41) is 8.19. The van der Waals surface area contributed by atoms with E-state index in [1.165, 1.54) is 0 Å². The number of aromatic nitrogens is 2. The molecule has 0 radical (unpaired) electrons. The molecule has 1 aromatic heterocycles. The summed E-state index contributed by atoms with van der Waals surface area (Å²) in [7, 11) is 0. The highest BCUT2D eigenvalue weighted by atomic mass is 16.2. The fourth-order valence-electron chi connectivity index (χ4n) is 2.16. The van der Waals surface area contributed by atoms with Crippen molar-refractivity contribution < 1.29 is 9.59 Å². The van der Waals surface area contributed by atoms with Crippen molar-refractivity contribution in [3.63, 3.8) is 0 Å². The SMILES string of the molecule is O=C1NCc2ccc(C(=O)NCCc3ncc[nH]3)cc2N1. The molecule has 0 atom stereocenters. The molecule has 0 aliphatic carbocycles. The van der Waals surface area contributed by atoms with Crippen LogP contribution in [0.3, 0.4) is 0 Å². The number of hydrogen-bond donors (Lipinski definition) is 4. The summed E-state index contributed by atoms with van der Waals surface area (Å²) < 4.78 is 0. The maximum Gasteiger partial charge on any atom is 0.319 e. The summed E-state index contributed by atoms with van der Waals surface area (Å²) >= 11 is 0. The second-order valence-corrected chi connectivity index (χ2v) is 4.72. The maximum absolute atomic E-state index is 12.1. The molecular formula is C14H15N5O2. The number of rotatable bonds is 4. The number of aromatic amines is 1. The fraction of sp³-hybridized carbons (Fsp3) is 0.214. The van der Waals surface area contributed by atoms with Gasteiger partial charge < -0.3 is 20.9 Å². The quantitative estimate of drug-likeness (QED) is 0.675. The minimum atomic E-state index is -0.252. The number of anilines is 1. The van der Waals surface area contributed by atoms with Gasteiger partial charge in [0.2, 0.25) is 0 Å². The Kier molecular flexibility index (Phi) is 3.55. The van der Waals surface area contributed by atoms with E-state index in [4.69, 9.17) is 0 Å². The molecule has 1 aromatic carbocycles. The van der Waals surface area contributed by atoms with Gasteiger partial charge in [-0.3, -0.25) is 4.79 Å². The van der Waals surface area contributed by atoms with Gasteiger partial charge in [0.05, 0.1) is 0 Å². The molecule has 7 heteroatoms. The molecule has 0 saturated carbocycles. The lowest BCUT2D eigenvalue weighted by atomic mass is 10.1. The van der Waals surface area contributed by atoms with Crippen molar-refractivity contribution in [1.82, 2.24) is 20.6 Å². The van der Waals surface area contributed by atoms with Crippen LogP contribution in [0.5, 0.6) is 0 Å². The van der Waals surface area contributed by atoms with Crippen LogP contribution >= 0.6 is 0 Å². The third-order valence-electron chi connectivity index (χ3n) is 3.26. The summed E-state index contributed by atoms with van der Waals surface area (Å²) in [5.41, 5.74) is 2.16. The Balaban J connectivity index is 1.62. The number of hydrogen-bond acceptors (Lipinski definition) is 3. The van der Waals surface area contributed by atoms with Gasteiger partial charge in [0, 0.05) is 43.2 Å². The number of carbonyl (C=O) groups excluding carboxylic acids is 2. The van der Waals surface area contributed by atoms with E-state index in [1.54, 1.807) is 24.5 Å². The molecule has 2 aromatic rings. The Labute approximate surface area is 121 Å². The van der Waals surface area contributed by atoms with E-state index in [0.29, 0.717) is 30.8 Å². The van der Waals surface area contributed by atoms with Gasteiger partial charge in [-0.05, 0) is 17.7 Å². The molecule has 0 bridgehead atoms. The minimum Gasteiger partial charge on any atom is -0.352 e. The van der Waals surface area contributed by atoms with Gasteiger partial charge in [0.15, 0.2) is 0 Å². The highest BCUT2D eigenvalue weighted by Gasteiger charge is 2.15. The zero-order valence-electron chi connectivity index (χ0n) is 11.3. The molecule has 7 nitrogen and oxygen atoms in total. The van der Waals surface area contributed by atoms with Gasteiger partial charge in [0.1, 0.15) is 5.82 Å². The van der Waals surface area contributed by atoms with E-state index < -0.39 is 0 Å². The smallest absolute Gasteiger partial charge is 0.319 e. The second kappa shape index (κ2) is 5.66. The number of nitrogens with one attached hydrogen (secondary N) is 4. The van der Waals surface area contributed by atoms with E-state index in [2.05, 4.69) is 25.9 Å². The number of imidazole rings is 1. The molecule has 108 valence electrons. The van der Waals surface area contributed by atoms with Gasteiger partial charge in [-0.25, -0.2) is 9.78 Å². The zero-order chi connectivity index (χ0) is 14.7. The van der Waals surface area contributed by atoms with Crippen LogP contribution < -0.4 is 16.0 Å². The van der Waals surface area contributed by atoms with E-state index >= 15 is 0 Å². The van der Waals surface area contributed by atoms with E-state index in [1.807, 2.05) is 6.07 Å². The average molecular weight is 285 g/mol. The van der Waals surface area contributed by atoms with Crippen molar-refractivity contribution in [2.75, 3.05) is 11.9 Å². The topological polar surface area (TPSA) is 98.9 Å². The highest BCUT2D eigenvalue weighted by molar-refractivity contribution is 5.98. The Morgan fingerprint density at radius 2 is 2.29 bits per heavy atom. The molecule has 3 rings (SSSR count). The third kappa shape index (κ3) is 3.02. The van der Waals surface area contributed by atoms with Crippen molar-refractivity contribution in [2.45, 2.75) is 13.0 Å². The minimum absolute atomic E-state index is 0.169. The van der Waals surface area contributed by atoms with Crippen LogP contribution in [-0.4, -0.2) is 28.5 Å². The average Bonchev–Trinajstić information content (AvgIpc) is 2.99. The van der Waals surface area contributed by atoms with Crippen LogP contribution in [-0.2, 0) is 13.0 Å². The fourth-order valence-corrected chi connectivity index (χ4v) is 2.16. The largest absolute Gasteiger partial charge is 0.352 e. The number of nitrogens with zero attached hydrogens (tertiary/aromatic N) is 1. The van der Waals surface area contributed by atoms with E-state index in [9.17, 15) is 9.59 Å². The van der Waals surface area contributed by atoms with Crippen LogP contribution in [0.4, 0.5) is 10.5 Å². The molecule has 1 aliphatic rings. The van der Waals surface area contributed by atoms with Gasteiger partial charge in [-0.1, -0.05) is 6.07 Å². The summed E-state index contributed by atoms with van der Waals surface area (Å²) in [6.45, 7) is 0.971. The van der Waals surface area contributed by atoms with E-state index in [-0.39, 0.29) is 11.9 Å². The molecule has 3 amide bonds. The Hall–Kier alpha value is -2.83. The van der Waals surface area contributed by atoms with Crippen LogP contribution in [0.1, 0.15) is 21.7 Å². The number of amides is 3. The third-order valence-corrected chi connectivity index (χ3v) is 3.26. The van der Waals surface area contributed by atoms with Crippen molar-refractivity contribution >= 4 is 17.6 Å². The first-order chi connectivity index (χ1) is 10.2. The molecule has 0 fully saturated rings. The Bertz CT molecular complexity index is 666. The number of carbonyl (C=O) groups is 2. The van der Waals surface area contributed by atoms with Crippen molar-refractivity contribution in [3.05, 3.63) is 47.5 Å². The lowest BCUT2D eigenvalue weighted by Crippen LogP contribution is -2.33. The molecule has 2 heterocycles. The summed E-state index contributed by atoms with van der Waals surface area (Å²) in [4.78, 5) is 30.4. The lowest BCUT2D eigenvalue weighted by Gasteiger charge is -2.18. The molecule has 0 saturated heterocycles. The standard InChI is InChI=1S/C14H15N5O2/c20-13(17-4-3-12-15-5-6-16-12)9-1-2-10-8-18-14(21)19-11(10)7-9/h1-2,5-7H,3-4,8H2,(H,15,16)(H,17,20)(H2,18,19,21). The monoisotopic (exact) mass is 285 g/mol. The Morgan fingerprint density at radius 3 is 3.10 bits per heavy atom. The number of fused-ring (bicyclic) bond motifs is 1. The molecule has 4 N–H and O–H groups in total. The first-order valence-corrected chi connectivity index (χ1v) is 6.66. The number of benzene rings is 1. The normalized spacial score (nSPS) is 13.0. The van der Waals surface area contributed by atoms with Crippen LogP contribution in [0.25, 0.3) is 0 Å². The molecule has 21 heavy (non-hydrogen) atoms. The summed E-state index contributed by atoms with van der Waals surface area (Å²) in [6, 6.07) is 5.03. The van der Waals surface area contributed by atoms with Crippen molar-refractivity contribution in [2.24, 2.45) is 0 Å². The van der Waals surface area contributed by atoms with Crippen molar-refractivity contribution in [1.29, 1.82) is 0 Å². The summed E-state index contributed by atoms with van der Waals surface area (Å²) in [5.74, 6) is 0.663. The highest BCUT2D eigenvalue weighted by Crippen LogP contribution is 2.20. The molecular weight excluding hydrogens is 270 g/mol. The number of urea groups is 1. The van der Waals surface area contributed by atoms with Crippen LogP contribution in [0.15, 0.2) is 30.6 Å². The second-order valence-electron chi connectivity index (χ2n) is 4.72. The molecule has 0 spiro atoms. The summed E-state index contributed by atoms with van der Waals surface area (Å²) in [6.07, 6.45) is 4.07. The van der Waals surface area contributed by atoms with Crippen LogP contribution in [0, 0.1) is 0 Å². The van der Waals surface area contributed by atoms with Gasteiger partial charge in [-0.2, -0.15) is 0 Å². The predicted molar refractivity (Wildman–Crippen MR) is 76.9 cm³/mol. The predicted octanol–water partition coefficient (Wildman–Crippen LogP) is 1.02. The van der Waals surface area contributed by atoms with Crippen molar-refractivity contribution in [3.8, 4) is 0 Å². The first kappa shape index (κ1) is 13.2. The van der Waals surface area contributed by atoms with Gasteiger partial charge in [0.25, 0.3) is 5.91 Å². The first-order valence-electron chi connectivity index (χ1n) is 6.66. The van der Waals surface area contributed by atoms with Gasteiger partial charge >= 0.3 is 6.03 Å². The van der Waals surface area contributed by atoms with E-state index in [0.717, 1.165) is 11.4 Å². The molecule has 1 aliphatic heterocycles. The van der Waals surface area contributed by atoms with Crippen LogP contribution in [0.2, 0.25) is 0 Å². The molecule has 0 unspecified atom stereocenters.